The molecule has 4 aromatic rings. The first-order valence-corrected chi connectivity index (χ1v) is 15.4. The molecule has 2 amide bonds. The molecule has 4 heteroatoms. The number of nitrogens with zero attached hydrogens (tertiary/aromatic N) is 1. The average Bonchev–Trinajstić information content (AvgIpc) is 3.04. The first-order chi connectivity index (χ1) is 20.6. The number of hydrogen-bond acceptors (Lipinski definition) is 2. The number of nitrogens with one attached hydrogen (secondary N) is 1. The van der Waals surface area contributed by atoms with Crippen molar-refractivity contribution in [3.63, 3.8) is 0 Å². The molecule has 5 rings (SSSR count). The van der Waals surface area contributed by atoms with Crippen molar-refractivity contribution in [1.29, 1.82) is 0 Å². The Morgan fingerprint density at radius 3 is 1.83 bits per heavy atom. The van der Waals surface area contributed by atoms with Crippen LogP contribution in [-0.4, -0.2) is 28.8 Å². The van der Waals surface area contributed by atoms with Gasteiger partial charge in [-0.15, -0.1) is 0 Å². The average molecular weight is 559 g/mol. The van der Waals surface area contributed by atoms with E-state index in [-0.39, 0.29) is 30.2 Å². The lowest BCUT2D eigenvalue weighted by molar-refractivity contribution is -0.141. The number of rotatable bonds is 11. The molecule has 0 aliphatic heterocycles. The Kier molecular flexibility index (Phi) is 10.2. The van der Waals surface area contributed by atoms with Crippen LogP contribution in [0.2, 0.25) is 0 Å². The first kappa shape index (κ1) is 29.3. The van der Waals surface area contributed by atoms with E-state index in [1.807, 2.05) is 71.6 Å². The molecule has 1 unspecified atom stereocenters. The van der Waals surface area contributed by atoms with Gasteiger partial charge >= 0.3 is 0 Å². The molecule has 4 aromatic carbocycles. The number of amides is 2. The van der Waals surface area contributed by atoms with Crippen LogP contribution in [0.25, 0.3) is 0 Å². The molecule has 1 fully saturated rings. The van der Waals surface area contributed by atoms with Crippen LogP contribution in [0.1, 0.15) is 72.3 Å². The third-order valence-electron chi connectivity index (χ3n) is 8.48. The summed E-state index contributed by atoms with van der Waals surface area (Å²) in [4.78, 5) is 30.5. The highest BCUT2D eigenvalue weighted by Gasteiger charge is 2.33. The maximum atomic E-state index is 14.5. The number of benzene rings is 4. The highest BCUT2D eigenvalue weighted by molar-refractivity contribution is 5.88. The van der Waals surface area contributed by atoms with E-state index < -0.39 is 6.04 Å². The fraction of sp³-hybridized carbons (Fsp3) is 0.316. The van der Waals surface area contributed by atoms with Gasteiger partial charge in [-0.3, -0.25) is 9.59 Å². The van der Waals surface area contributed by atoms with Crippen LogP contribution in [0.4, 0.5) is 0 Å². The topological polar surface area (TPSA) is 49.4 Å². The summed E-state index contributed by atoms with van der Waals surface area (Å²) in [5.41, 5.74) is 5.43. The third-order valence-corrected chi connectivity index (χ3v) is 8.48. The summed E-state index contributed by atoms with van der Waals surface area (Å²) in [7, 11) is 0. The predicted molar refractivity (Wildman–Crippen MR) is 170 cm³/mol. The van der Waals surface area contributed by atoms with Gasteiger partial charge in [-0.05, 0) is 42.0 Å². The van der Waals surface area contributed by atoms with Crippen LogP contribution in [0.3, 0.4) is 0 Å². The standard InChI is InChI=1S/C38H42N2O2/c1-29-22-24-31(25-23-29)28-40(37(41)27-35(32-16-8-3-9-17-32)33-18-10-4-11-19-33)36(26-30-14-6-2-7-15-30)38(42)39-34-20-12-5-13-21-34/h2-4,6-11,14-19,22-25,34-36H,5,12-13,20-21,26-28H2,1H3,(H,39,42). The van der Waals surface area contributed by atoms with Crippen LogP contribution in [0.15, 0.2) is 115 Å². The largest absolute Gasteiger partial charge is 0.352 e. The zero-order valence-corrected chi connectivity index (χ0v) is 24.6. The third kappa shape index (κ3) is 7.97. The van der Waals surface area contributed by atoms with Crippen molar-refractivity contribution in [2.75, 3.05) is 0 Å². The molecule has 1 aliphatic carbocycles. The highest BCUT2D eigenvalue weighted by atomic mass is 16.2. The monoisotopic (exact) mass is 558 g/mol. The van der Waals surface area contributed by atoms with E-state index in [0.29, 0.717) is 13.0 Å². The van der Waals surface area contributed by atoms with Gasteiger partial charge in [0.1, 0.15) is 6.04 Å². The number of carbonyl (C=O) groups excluding carboxylic acids is 2. The van der Waals surface area contributed by atoms with E-state index in [1.165, 1.54) is 12.0 Å². The molecule has 0 heterocycles. The molecule has 0 saturated heterocycles. The van der Waals surface area contributed by atoms with Gasteiger partial charge in [0.2, 0.25) is 11.8 Å². The zero-order valence-electron chi connectivity index (χ0n) is 24.6. The van der Waals surface area contributed by atoms with Gasteiger partial charge in [-0.1, -0.05) is 140 Å². The molecule has 1 N–H and O–H groups in total. The minimum Gasteiger partial charge on any atom is -0.352 e. The molecular weight excluding hydrogens is 516 g/mol. The second-order valence-electron chi connectivity index (χ2n) is 11.6. The lowest BCUT2D eigenvalue weighted by atomic mass is 9.87. The number of carbonyl (C=O) groups is 2. The lowest BCUT2D eigenvalue weighted by Gasteiger charge is -2.34. The van der Waals surface area contributed by atoms with Crippen LogP contribution in [0, 0.1) is 6.92 Å². The van der Waals surface area contributed by atoms with Crippen LogP contribution >= 0.6 is 0 Å². The van der Waals surface area contributed by atoms with Crippen molar-refractivity contribution < 1.29 is 9.59 Å². The van der Waals surface area contributed by atoms with E-state index in [0.717, 1.165) is 47.9 Å². The summed E-state index contributed by atoms with van der Waals surface area (Å²) in [5.74, 6) is -0.186. The fourth-order valence-corrected chi connectivity index (χ4v) is 6.08. The smallest absolute Gasteiger partial charge is 0.243 e. The molecule has 216 valence electrons. The number of aryl methyl sites for hydroxylation is 1. The summed E-state index contributed by atoms with van der Waals surface area (Å²) in [5, 5.41) is 3.35. The lowest BCUT2D eigenvalue weighted by Crippen LogP contribution is -2.53. The van der Waals surface area contributed by atoms with Crippen molar-refractivity contribution in [1.82, 2.24) is 10.2 Å². The molecule has 0 spiro atoms. The first-order valence-electron chi connectivity index (χ1n) is 15.4. The van der Waals surface area contributed by atoms with E-state index >= 15 is 0 Å². The molecular formula is C38H42N2O2. The van der Waals surface area contributed by atoms with Crippen LogP contribution in [-0.2, 0) is 22.6 Å². The normalized spacial score (nSPS) is 14.3. The molecule has 1 aliphatic rings. The zero-order chi connectivity index (χ0) is 29.1. The maximum Gasteiger partial charge on any atom is 0.243 e. The molecule has 1 atom stereocenters. The van der Waals surface area contributed by atoms with Gasteiger partial charge in [0, 0.05) is 31.3 Å². The van der Waals surface area contributed by atoms with Gasteiger partial charge in [0.05, 0.1) is 0 Å². The fourth-order valence-electron chi connectivity index (χ4n) is 6.08. The van der Waals surface area contributed by atoms with Gasteiger partial charge in [0.15, 0.2) is 0 Å². The van der Waals surface area contributed by atoms with Crippen molar-refractivity contribution in [2.45, 2.75) is 76.4 Å². The second kappa shape index (κ2) is 14.6. The summed E-state index contributed by atoms with van der Waals surface area (Å²) < 4.78 is 0. The molecule has 0 aromatic heterocycles. The summed E-state index contributed by atoms with van der Waals surface area (Å²) >= 11 is 0. The number of hydrogen-bond donors (Lipinski definition) is 1. The Morgan fingerprint density at radius 2 is 1.26 bits per heavy atom. The summed E-state index contributed by atoms with van der Waals surface area (Å²) in [6.07, 6.45) is 6.24. The highest BCUT2D eigenvalue weighted by Crippen LogP contribution is 2.30. The Balaban J connectivity index is 1.50. The molecule has 42 heavy (non-hydrogen) atoms. The van der Waals surface area contributed by atoms with Gasteiger partial charge in [0.25, 0.3) is 0 Å². The molecule has 0 radical (unpaired) electrons. The Hall–Kier alpha value is -4.18. The van der Waals surface area contributed by atoms with Crippen LogP contribution < -0.4 is 5.32 Å². The summed E-state index contributed by atoms with van der Waals surface area (Å²) in [6.45, 7) is 2.44. The Labute approximate surface area is 250 Å². The quantitative estimate of drug-likeness (QED) is 0.206. The minimum atomic E-state index is -0.615. The second-order valence-corrected chi connectivity index (χ2v) is 11.6. The molecule has 1 saturated carbocycles. The molecule has 0 bridgehead atoms. The van der Waals surface area contributed by atoms with Gasteiger partial charge in [-0.25, -0.2) is 0 Å². The van der Waals surface area contributed by atoms with E-state index in [1.54, 1.807) is 0 Å². The minimum absolute atomic E-state index is 0.0204. The van der Waals surface area contributed by atoms with Gasteiger partial charge in [-0.2, -0.15) is 0 Å². The van der Waals surface area contributed by atoms with Crippen molar-refractivity contribution in [3.8, 4) is 0 Å². The van der Waals surface area contributed by atoms with E-state index in [4.69, 9.17) is 0 Å². The maximum absolute atomic E-state index is 14.5. The van der Waals surface area contributed by atoms with Crippen molar-refractivity contribution in [3.05, 3.63) is 143 Å². The predicted octanol–water partition coefficient (Wildman–Crippen LogP) is 7.61. The van der Waals surface area contributed by atoms with Crippen molar-refractivity contribution in [2.24, 2.45) is 0 Å². The van der Waals surface area contributed by atoms with Crippen LogP contribution in [0.5, 0.6) is 0 Å². The van der Waals surface area contributed by atoms with E-state index in [2.05, 4.69) is 60.8 Å². The Bertz CT molecular complexity index is 1360. The van der Waals surface area contributed by atoms with E-state index in [9.17, 15) is 9.59 Å². The van der Waals surface area contributed by atoms with Gasteiger partial charge < -0.3 is 10.2 Å². The Morgan fingerprint density at radius 1 is 0.714 bits per heavy atom. The summed E-state index contributed by atoms with van der Waals surface area (Å²) in [6, 6.07) is 38.4. The SMILES string of the molecule is Cc1ccc(CN(C(=O)CC(c2ccccc2)c2ccccc2)C(Cc2ccccc2)C(=O)NC2CCCCC2)cc1. The molecule has 4 nitrogen and oxygen atoms in total. The van der Waals surface area contributed by atoms with Crippen molar-refractivity contribution >= 4 is 11.8 Å².